The number of hydrogen-bond donors (Lipinski definition) is 1. The summed E-state index contributed by atoms with van der Waals surface area (Å²) in [6.45, 7) is 15.8. The number of rotatable bonds is 6. The van der Waals surface area contributed by atoms with Crippen molar-refractivity contribution in [3.63, 3.8) is 0 Å². The first kappa shape index (κ1) is 21.5. The number of ether oxygens (including phenoxy) is 1. The van der Waals surface area contributed by atoms with E-state index in [0.29, 0.717) is 0 Å². The van der Waals surface area contributed by atoms with Gasteiger partial charge in [0, 0.05) is 59.0 Å². The fourth-order valence-corrected chi connectivity index (χ4v) is 4.47. The van der Waals surface area contributed by atoms with Crippen LogP contribution in [0.4, 0.5) is 0 Å². The van der Waals surface area contributed by atoms with Gasteiger partial charge in [0.05, 0.1) is 0 Å². The Balaban J connectivity index is 1.80. The van der Waals surface area contributed by atoms with Gasteiger partial charge in [-0.1, -0.05) is 13.8 Å². The van der Waals surface area contributed by atoms with Gasteiger partial charge in [-0.25, -0.2) is 0 Å². The molecule has 2 saturated heterocycles. The summed E-state index contributed by atoms with van der Waals surface area (Å²) in [6, 6.07) is 0. The number of piperidine rings is 1. The van der Waals surface area contributed by atoms with E-state index >= 15 is 0 Å². The summed E-state index contributed by atoms with van der Waals surface area (Å²) in [5.74, 6) is 3.40. The molecule has 2 unspecified atom stereocenters. The molecule has 0 bridgehead atoms. The standard InChI is InChI=1S/C21H42N4O/c1-17-13-18(2)15-25(14-17)21(3,4)16-23-20(22-5)24(6)10-7-19-8-11-26-12-9-19/h17-19H,7-16H2,1-6H3,(H,22,23). The zero-order valence-corrected chi connectivity index (χ0v) is 18.1. The van der Waals surface area contributed by atoms with Gasteiger partial charge in [0.25, 0.3) is 0 Å². The van der Waals surface area contributed by atoms with Crippen LogP contribution in [0.1, 0.15) is 53.4 Å². The van der Waals surface area contributed by atoms with Crippen LogP contribution in [0.5, 0.6) is 0 Å². The monoisotopic (exact) mass is 366 g/mol. The number of hydrogen-bond acceptors (Lipinski definition) is 3. The third-order valence-electron chi connectivity index (χ3n) is 6.19. The maximum Gasteiger partial charge on any atom is 0.193 e. The van der Waals surface area contributed by atoms with Crippen LogP contribution in [0, 0.1) is 17.8 Å². The molecule has 0 saturated carbocycles. The maximum absolute atomic E-state index is 5.47. The Labute approximate surface area is 161 Å². The Kier molecular flexibility index (Phi) is 8.21. The largest absolute Gasteiger partial charge is 0.381 e. The highest BCUT2D eigenvalue weighted by atomic mass is 16.5. The van der Waals surface area contributed by atoms with Crippen LogP contribution >= 0.6 is 0 Å². The van der Waals surface area contributed by atoms with Crippen LogP contribution < -0.4 is 5.32 Å². The van der Waals surface area contributed by atoms with Crippen molar-refractivity contribution in [2.24, 2.45) is 22.7 Å². The normalized spacial score (nSPS) is 26.8. The highest BCUT2D eigenvalue weighted by molar-refractivity contribution is 5.79. The number of guanidine groups is 1. The lowest BCUT2D eigenvalue weighted by atomic mass is 9.88. The number of nitrogens with one attached hydrogen (secondary N) is 1. The Morgan fingerprint density at radius 1 is 1.19 bits per heavy atom. The molecule has 2 aliphatic rings. The first-order valence-electron chi connectivity index (χ1n) is 10.6. The molecular formula is C21H42N4O. The molecule has 0 aromatic carbocycles. The van der Waals surface area contributed by atoms with Crippen LogP contribution in [-0.4, -0.2) is 74.8 Å². The van der Waals surface area contributed by atoms with E-state index in [4.69, 9.17) is 4.74 Å². The van der Waals surface area contributed by atoms with Crippen LogP contribution in [0.25, 0.3) is 0 Å². The predicted octanol–water partition coefficient (Wildman–Crippen LogP) is 3.07. The van der Waals surface area contributed by atoms with Crippen LogP contribution in [-0.2, 0) is 4.74 Å². The molecule has 2 atom stereocenters. The second-order valence-electron chi connectivity index (χ2n) is 9.33. The quantitative estimate of drug-likeness (QED) is 0.579. The van der Waals surface area contributed by atoms with Gasteiger partial charge in [-0.2, -0.15) is 0 Å². The molecule has 0 spiro atoms. The Bertz CT molecular complexity index is 435. The summed E-state index contributed by atoms with van der Waals surface area (Å²) in [6.07, 6.45) is 5.00. The maximum atomic E-state index is 5.47. The van der Waals surface area contributed by atoms with Gasteiger partial charge in [0.2, 0.25) is 0 Å². The fraction of sp³-hybridized carbons (Fsp3) is 0.952. The summed E-state index contributed by atoms with van der Waals surface area (Å²) in [7, 11) is 4.05. The lowest BCUT2D eigenvalue weighted by Gasteiger charge is -2.45. The minimum atomic E-state index is 0.139. The van der Waals surface area contributed by atoms with Crippen molar-refractivity contribution in [2.75, 3.05) is 53.5 Å². The summed E-state index contributed by atoms with van der Waals surface area (Å²) in [5.41, 5.74) is 0.139. The zero-order valence-electron chi connectivity index (χ0n) is 18.1. The van der Waals surface area contributed by atoms with E-state index in [-0.39, 0.29) is 5.54 Å². The fourth-order valence-electron chi connectivity index (χ4n) is 4.47. The molecule has 0 amide bonds. The van der Waals surface area contributed by atoms with Gasteiger partial charge in [-0.15, -0.1) is 0 Å². The second-order valence-corrected chi connectivity index (χ2v) is 9.33. The zero-order chi connectivity index (χ0) is 19.2. The Morgan fingerprint density at radius 3 is 2.38 bits per heavy atom. The topological polar surface area (TPSA) is 40.1 Å². The van der Waals surface area contributed by atoms with Gasteiger partial charge in [-0.3, -0.25) is 9.89 Å². The molecule has 2 heterocycles. The molecule has 5 heteroatoms. The Morgan fingerprint density at radius 2 is 1.81 bits per heavy atom. The van der Waals surface area contributed by atoms with Gasteiger partial charge in [-0.05, 0) is 57.3 Å². The first-order valence-corrected chi connectivity index (χ1v) is 10.6. The molecule has 1 N–H and O–H groups in total. The second kappa shape index (κ2) is 9.93. The predicted molar refractivity (Wildman–Crippen MR) is 111 cm³/mol. The van der Waals surface area contributed by atoms with E-state index in [9.17, 15) is 0 Å². The van der Waals surface area contributed by atoms with Crippen molar-refractivity contribution in [1.29, 1.82) is 0 Å². The van der Waals surface area contributed by atoms with Gasteiger partial charge in [0.1, 0.15) is 0 Å². The van der Waals surface area contributed by atoms with E-state index in [1.807, 2.05) is 7.05 Å². The molecule has 2 aliphatic heterocycles. The SMILES string of the molecule is CN=C(NCC(C)(C)N1CC(C)CC(C)C1)N(C)CCC1CCOCC1. The lowest BCUT2D eigenvalue weighted by Crippen LogP contribution is -2.57. The summed E-state index contributed by atoms with van der Waals surface area (Å²) in [4.78, 5) is 9.46. The third kappa shape index (κ3) is 6.41. The molecule has 0 aromatic rings. The van der Waals surface area contributed by atoms with Gasteiger partial charge in [0.15, 0.2) is 5.96 Å². The lowest BCUT2D eigenvalue weighted by molar-refractivity contribution is 0.0479. The molecule has 26 heavy (non-hydrogen) atoms. The summed E-state index contributed by atoms with van der Waals surface area (Å²) >= 11 is 0. The van der Waals surface area contributed by atoms with Crippen molar-refractivity contribution in [2.45, 2.75) is 58.9 Å². The average Bonchev–Trinajstić information content (AvgIpc) is 2.60. The number of likely N-dealkylation sites (tertiary alicyclic amines) is 1. The molecule has 2 fully saturated rings. The first-order chi connectivity index (χ1) is 12.3. The van der Waals surface area contributed by atoms with E-state index in [1.54, 1.807) is 0 Å². The number of nitrogens with zero attached hydrogens (tertiary/aromatic N) is 3. The molecule has 2 rings (SSSR count). The van der Waals surface area contributed by atoms with Crippen molar-refractivity contribution in [3.8, 4) is 0 Å². The average molecular weight is 367 g/mol. The summed E-state index contributed by atoms with van der Waals surface area (Å²) < 4.78 is 5.47. The molecule has 5 nitrogen and oxygen atoms in total. The van der Waals surface area contributed by atoms with Crippen molar-refractivity contribution in [1.82, 2.24) is 15.1 Å². The van der Waals surface area contributed by atoms with E-state index < -0.39 is 0 Å². The van der Waals surface area contributed by atoms with E-state index in [0.717, 1.165) is 50.0 Å². The van der Waals surface area contributed by atoms with Gasteiger partial charge >= 0.3 is 0 Å². The number of aliphatic imine (C=N–C) groups is 1. The van der Waals surface area contributed by atoms with E-state index in [1.165, 1.54) is 38.8 Å². The Hall–Kier alpha value is -0.810. The van der Waals surface area contributed by atoms with Crippen LogP contribution in [0.3, 0.4) is 0 Å². The molecule has 152 valence electrons. The highest BCUT2D eigenvalue weighted by Gasteiger charge is 2.32. The van der Waals surface area contributed by atoms with Crippen LogP contribution in [0.15, 0.2) is 4.99 Å². The molecule has 0 aliphatic carbocycles. The minimum Gasteiger partial charge on any atom is -0.381 e. The molecular weight excluding hydrogens is 324 g/mol. The molecule has 0 aromatic heterocycles. The van der Waals surface area contributed by atoms with Crippen LogP contribution in [0.2, 0.25) is 0 Å². The van der Waals surface area contributed by atoms with Crippen molar-refractivity contribution >= 4 is 5.96 Å². The third-order valence-corrected chi connectivity index (χ3v) is 6.19. The van der Waals surface area contributed by atoms with E-state index in [2.05, 4.69) is 54.9 Å². The van der Waals surface area contributed by atoms with Gasteiger partial charge < -0.3 is 15.0 Å². The van der Waals surface area contributed by atoms with Crippen molar-refractivity contribution in [3.05, 3.63) is 0 Å². The highest BCUT2D eigenvalue weighted by Crippen LogP contribution is 2.27. The van der Waals surface area contributed by atoms with Crippen molar-refractivity contribution < 1.29 is 4.74 Å². The molecule has 0 radical (unpaired) electrons. The minimum absolute atomic E-state index is 0.139. The summed E-state index contributed by atoms with van der Waals surface area (Å²) in [5, 5.41) is 3.63. The smallest absolute Gasteiger partial charge is 0.193 e.